The zero-order valence-electron chi connectivity index (χ0n) is 17.6. The topological polar surface area (TPSA) is 124 Å². The van der Waals surface area contributed by atoms with E-state index in [0.717, 1.165) is 10.1 Å². The normalized spacial score (nSPS) is 14.9. The van der Waals surface area contributed by atoms with Crippen molar-refractivity contribution >= 4 is 23.0 Å². The molecular weight excluding hydrogens is 404 g/mol. The number of piperidine rings is 1. The number of carbonyl (C=O) groups excluding carboxylic acids is 2. The highest BCUT2D eigenvalue weighted by Gasteiger charge is 2.26. The molecule has 4 rings (SSSR count). The average Bonchev–Trinajstić information content (AvgIpc) is 3.35. The van der Waals surface area contributed by atoms with Gasteiger partial charge in [0.05, 0.1) is 12.6 Å². The number of aromatic nitrogens is 4. The number of nitrogens with zero attached hydrogens (tertiary/aromatic N) is 5. The Kier molecular flexibility index (Phi) is 5.25. The smallest absolute Gasteiger partial charge is 0.332 e. The van der Waals surface area contributed by atoms with Crippen LogP contribution in [0.1, 0.15) is 29.0 Å². The van der Waals surface area contributed by atoms with Crippen molar-refractivity contribution in [3.8, 4) is 0 Å². The monoisotopic (exact) mass is 428 g/mol. The maximum Gasteiger partial charge on any atom is 0.332 e. The van der Waals surface area contributed by atoms with Crippen LogP contribution in [0.15, 0.2) is 32.7 Å². The first-order valence-electron chi connectivity index (χ1n) is 10.0. The molecule has 3 aromatic rings. The summed E-state index contributed by atoms with van der Waals surface area (Å²) in [6, 6.07) is 1.65. The standard InChI is InChI=1S/C20H24N6O5/c1-12-6-9-31-16(12)18(28)22-13-4-7-25(8-5-13)14(27)10-26-19(29)15-17(21-11-23(15)2)24(3)20(26)30/h6,9,11,13H,4-5,7-8,10H2,1-3H3,(H,22,28). The fourth-order valence-electron chi connectivity index (χ4n) is 3.90. The summed E-state index contributed by atoms with van der Waals surface area (Å²) < 4.78 is 8.96. The molecule has 0 unspecified atom stereocenters. The third-order valence-electron chi connectivity index (χ3n) is 5.75. The predicted octanol–water partition coefficient (Wildman–Crippen LogP) is -0.244. The van der Waals surface area contributed by atoms with Gasteiger partial charge in [-0.3, -0.25) is 19.0 Å². The van der Waals surface area contributed by atoms with Gasteiger partial charge in [-0.2, -0.15) is 0 Å². The van der Waals surface area contributed by atoms with Crippen LogP contribution in [-0.4, -0.2) is 54.5 Å². The minimum Gasteiger partial charge on any atom is -0.459 e. The van der Waals surface area contributed by atoms with Crippen molar-refractivity contribution in [2.75, 3.05) is 13.1 Å². The van der Waals surface area contributed by atoms with Gasteiger partial charge >= 0.3 is 5.69 Å². The second kappa shape index (κ2) is 7.89. The van der Waals surface area contributed by atoms with Crippen LogP contribution in [0.25, 0.3) is 11.2 Å². The minimum atomic E-state index is -0.583. The Morgan fingerprint density at radius 3 is 2.58 bits per heavy atom. The van der Waals surface area contributed by atoms with Crippen molar-refractivity contribution in [1.29, 1.82) is 0 Å². The second-order valence-corrected chi connectivity index (χ2v) is 7.82. The molecule has 2 amide bonds. The number of furan rings is 1. The summed E-state index contributed by atoms with van der Waals surface area (Å²) in [6.45, 7) is 2.30. The number of carbonyl (C=O) groups is 2. The van der Waals surface area contributed by atoms with Crippen molar-refractivity contribution in [2.45, 2.75) is 32.4 Å². The lowest BCUT2D eigenvalue weighted by Crippen LogP contribution is -2.49. The van der Waals surface area contributed by atoms with E-state index in [-0.39, 0.29) is 35.6 Å². The highest BCUT2D eigenvalue weighted by Crippen LogP contribution is 2.14. The van der Waals surface area contributed by atoms with Gasteiger partial charge in [0.2, 0.25) is 5.91 Å². The van der Waals surface area contributed by atoms with E-state index < -0.39 is 11.2 Å². The Morgan fingerprint density at radius 1 is 1.23 bits per heavy atom. The molecule has 31 heavy (non-hydrogen) atoms. The Balaban J connectivity index is 1.43. The summed E-state index contributed by atoms with van der Waals surface area (Å²) in [5, 5.41) is 2.93. The molecule has 11 heteroatoms. The molecule has 1 aliphatic rings. The number of aryl methyl sites for hydroxylation is 3. The van der Waals surface area contributed by atoms with E-state index in [1.807, 2.05) is 0 Å². The van der Waals surface area contributed by atoms with E-state index >= 15 is 0 Å². The van der Waals surface area contributed by atoms with E-state index in [2.05, 4.69) is 10.3 Å². The van der Waals surface area contributed by atoms with Crippen LogP contribution in [0.3, 0.4) is 0 Å². The quantitative estimate of drug-likeness (QED) is 0.611. The molecule has 0 atom stereocenters. The first kappa shape index (κ1) is 20.6. The molecule has 4 heterocycles. The van der Waals surface area contributed by atoms with Gasteiger partial charge in [-0.05, 0) is 25.8 Å². The van der Waals surface area contributed by atoms with Crippen LogP contribution >= 0.6 is 0 Å². The lowest BCUT2D eigenvalue weighted by Gasteiger charge is -2.32. The van der Waals surface area contributed by atoms with Crippen molar-refractivity contribution in [3.05, 3.63) is 50.8 Å². The van der Waals surface area contributed by atoms with Crippen LogP contribution in [0, 0.1) is 6.92 Å². The van der Waals surface area contributed by atoms with E-state index in [1.54, 1.807) is 24.9 Å². The summed E-state index contributed by atoms with van der Waals surface area (Å²) in [4.78, 5) is 56.2. The number of hydrogen-bond acceptors (Lipinski definition) is 6. The first-order valence-corrected chi connectivity index (χ1v) is 10.0. The molecule has 0 aliphatic carbocycles. The molecule has 1 fully saturated rings. The molecule has 164 valence electrons. The Hall–Kier alpha value is -3.63. The van der Waals surface area contributed by atoms with Crippen LogP contribution in [0.5, 0.6) is 0 Å². The van der Waals surface area contributed by atoms with E-state index in [0.29, 0.717) is 31.7 Å². The zero-order valence-corrected chi connectivity index (χ0v) is 17.6. The number of imidazole rings is 1. The van der Waals surface area contributed by atoms with Crippen molar-refractivity contribution in [2.24, 2.45) is 14.1 Å². The maximum atomic E-state index is 12.8. The third kappa shape index (κ3) is 3.66. The van der Waals surface area contributed by atoms with Gasteiger partial charge in [-0.25, -0.2) is 14.3 Å². The Bertz CT molecular complexity index is 1270. The molecular formula is C20H24N6O5. The predicted molar refractivity (Wildman–Crippen MR) is 111 cm³/mol. The molecule has 1 aliphatic heterocycles. The van der Waals surface area contributed by atoms with Crippen molar-refractivity contribution < 1.29 is 14.0 Å². The lowest BCUT2D eigenvalue weighted by atomic mass is 10.0. The van der Waals surface area contributed by atoms with Crippen molar-refractivity contribution in [3.63, 3.8) is 0 Å². The molecule has 0 radical (unpaired) electrons. The van der Waals surface area contributed by atoms with Crippen LogP contribution in [0.4, 0.5) is 0 Å². The first-order chi connectivity index (χ1) is 14.8. The zero-order chi connectivity index (χ0) is 22.3. The summed E-state index contributed by atoms with van der Waals surface area (Å²) in [5.74, 6) is -0.293. The summed E-state index contributed by atoms with van der Waals surface area (Å²) in [6.07, 6.45) is 4.08. The SMILES string of the molecule is Cc1ccoc1C(=O)NC1CCN(C(=O)Cn2c(=O)c3c(ncn3C)n(C)c2=O)CC1. The number of fused-ring (bicyclic) bond motifs is 1. The van der Waals surface area contributed by atoms with Gasteiger partial charge in [0, 0.05) is 38.8 Å². The van der Waals surface area contributed by atoms with E-state index in [1.165, 1.54) is 28.8 Å². The summed E-state index contributed by atoms with van der Waals surface area (Å²) in [5.41, 5.74) is 0.194. The molecule has 1 saturated heterocycles. The molecule has 1 N–H and O–H groups in total. The van der Waals surface area contributed by atoms with Gasteiger partial charge in [0.25, 0.3) is 11.5 Å². The number of hydrogen-bond donors (Lipinski definition) is 1. The molecule has 0 aromatic carbocycles. The molecule has 0 spiro atoms. The second-order valence-electron chi connectivity index (χ2n) is 7.82. The Labute approximate surface area is 176 Å². The molecule has 3 aromatic heterocycles. The van der Waals surface area contributed by atoms with Gasteiger partial charge in [-0.1, -0.05) is 0 Å². The van der Waals surface area contributed by atoms with Crippen LogP contribution in [-0.2, 0) is 25.4 Å². The number of likely N-dealkylation sites (tertiary alicyclic amines) is 1. The number of amides is 2. The Morgan fingerprint density at radius 2 is 1.94 bits per heavy atom. The van der Waals surface area contributed by atoms with E-state index in [4.69, 9.17) is 4.42 Å². The fourth-order valence-corrected chi connectivity index (χ4v) is 3.90. The number of nitrogens with one attached hydrogen (secondary N) is 1. The molecule has 0 bridgehead atoms. The van der Waals surface area contributed by atoms with Crippen molar-refractivity contribution in [1.82, 2.24) is 28.9 Å². The van der Waals surface area contributed by atoms with Gasteiger partial charge in [-0.15, -0.1) is 0 Å². The minimum absolute atomic E-state index is 0.0811. The van der Waals surface area contributed by atoms with Gasteiger partial charge in [0.1, 0.15) is 6.54 Å². The van der Waals surface area contributed by atoms with Gasteiger partial charge < -0.3 is 19.2 Å². The maximum absolute atomic E-state index is 12.8. The van der Waals surface area contributed by atoms with E-state index in [9.17, 15) is 19.2 Å². The van der Waals surface area contributed by atoms with Crippen LogP contribution < -0.4 is 16.6 Å². The van der Waals surface area contributed by atoms with Crippen LogP contribution in [0.2, 0.25) is 0 Å². The highest BCUT2D eigenvalue weighted by molar-refractivity contribution is 5.93. The lowest BCUT2D eigenvalue weighted by molar-refractivity contribution is -0.133. The highest BCUT2D eigenvalue weighted by atomic mass is 16.3. The third-order valence-corrected chi connectivity index (χ3v) is 5.75. The largest absolute Gasteiger partial charge is 0.459 e. The molecule has 11 nitrogen and oxygen atoms in total. The average molecular weight is 428 g/mol. The summed E-state index contributed by atoms with van der Waals surface area (Å²) in [7, 11) is 3.18. The number of rotatable bonds is 4. The fraction of sp³-hybridized carbons (Fsp3) is 0.450. The summed E-state index contributed by atoms with van der Waals surface area (Å²) >= 11 is 0. The van der Waals surface area contributed by atoms with Gasteiger partial charge in [0.15, 0.2) is 16.9 Å². The molecule has 0 saturated carbocycles.